The fourth-order valence-electron chi connectivity index (χ4n) is 1.49. The van der Waals surface area contributed by atoms with Crippen LogP contribution in [0.5, 0.6) is 0 Å². The second kappa shape index (κ2) is 3.91. The molecule has 0 fully saturated rings. The van der Waals surface area contributed by atoms with Gasteiger partial charge >= 0.3 is 0 Å². The van der Waals surface area contributed by atoms with Gasteiger partial charge in [-0.3, -0.25) is 4.98 Å². The molecule has 0 amide bonds. The van der Waals surface area contributed by atoms with E-state index < -0.39 is 0 Å². The number of aryl methyl sites for hydroxylation is 1. The van der Waals surface area contributed by atoms with Gasteiger partial charge in [0.1, 0.15) is 0 Å². The van der Waals surface area contributed by atoms with Gasteiger partial charge in [0.15, 0.2) is 0 Å². The van der Waals surface area contributed by atoms with Crippen molar-refractivity contribution >= 4 is 17.3 Å². The molecular weight excluding hydrogens is 208 g/mol. The minimum absolute atomic E-state index is 0.587. The summed E-state index contributed by atoms with van der Waals surface area (Å²) in [7, 11) is 0. The third-order valence-corrected chi connectivity index (χ3v) is 2.66. The fourth-order valence-corrected chi connectivity index (χ4v) is 1.67. The molecule has 0 atom stereocenters. The first kappa shape index (κ1) is 9.99. The lowest BCUT2D eigenvalue weighted by molar-refractivity contribution is 1.27. The van der Waals surface area contributed by atoms with Gasteiger partial charge in [-0.15, -0.1) is 0 Å². The largest absolute Gasteiger partial charge is 0.398 e. The van der Waals surface area contributed by atoms with Crippen molar-refractivity contribution in [2.45, 2.75) is 6.92 Å². The topological polar surface area (TPSA) is 38.9 Å². The first-order valence-corrected chi connectivity index (χ1v) is 5.02. The van der Waals surface area contributed by atoms with Crippen LogP contribution in [0, 0.1) is 6.92 Å². The second-order valence-corrected chi connectivity index (χ2v) is 3.83. The average Bonchev–Trinajstić information content (AvgIpc) is 2.23. The molecule has 1 aromatic carbocycles. The van der Waals surface area contributed by atoms with Crippen LogP contribution in [0.3, 0.4) is 0 Å². The highest BCUT2D eigenvalue weighted by molar-refractivity contribution is 6.33. The summed E-state index contributed by atoms with van der Waals surface area (Å²) in [6.45, 7) is 2.02. The van der Waals surface area contributed by atoms with E-state index in [0.717, 1.165) is 16.7 Å². The molecule has 2 nitrogen and oxygen atoms in total. The quantitative estimate of drug-likeness (QED) is 0.746. The predicted molar refractivity (Wildman–Crippen MR) is 63.8 cm³/mol. The Bertz CT molecular complexity index is 495. The molecule has 0 saturated heterocycles. The molecule has 0 spiro atoms. The monoisotopic (exact) mass is 218 g/mol. The molecule has 0 bridgehead atoms. The van der Waals surface area contributed by atoms with Crippen LogP contribution in [0.15, 0.2) is 36.7 Å². The molecule has 0 aliphatic rings. The number of rotatable bonds is 1. The Morgan fingerprint density at radius 2 is 2.07 bits per heavy atom. The van der Waals surface area contributed by atoms with E-state index in [-0.39, 0.29) is 0 Å². The fraction of sp³-hybridized carbons (Fsp3) is 0.0833. The Kier molecular flexibility index (Phi) is 2.60. The van der Waals surface area contributed by atoms with Crippen LogP contribution in [-0.2, 0) is 0 Å². The summed E-state index contributed by atoms with van der Waals surface area (Å²) in [4.78, 5) is 4.05. The normalized spacial score (nSPS) is 10.3. The lowest BCUT2D eigenvalue weighted by atomic mass is 10.0. The molecule has 1 aromatic heterocycles. The lowest BCUT2D eigenvalue weighted by Gasteiger charge is -2.06. The summed E-state index contributed by atoms with van der Waals surface area (Å²) in [6, 6.07) is 7.62. The van der Waals surface area contributed by atoms with E-state index in [1.54, 1.807) is 6.20 Å². The van der Waals surface area contributed by atoms with Crippen molar-refractivity contribution in [2.24, 2.45) is 0 Å². The van der Waals surface area contributed by atoms with Crippen LogP contribution < -0.4 is 5.73 Å². The number of hydrogen-bond donors (Lipinski definition) is 1. The van der Waals surface area contributed by atoms with E-state index in [9.17, 15) is 0 Å². The minimum atomic E-state index is 0.587. The van der Waals surface area contributed by atoms with Gasteiger partial charge in [0.05, 0.1) is 10.7 Å². The van der Waals surface area contributed by atoms with E-state index in [1.807, 2.05) is 37.4 Å². The molecular formula is C12H11ClN2. The Hall–Kier alpha value is -1.54. The number of halogens is 1. The van der Waals surface area contributed by atoms with E-state index in [2.05, 4.69) is 4.98 Å². The average molecular weight is 219 g/mol. The number of anilines is 1. The Morgan fingerprint density at radius 1 is 1.27 bits per heavy atom. The van der Waals surface area contributed by atoms with Gasteiger partial charge < -0.3 is 5.73 Å². The van der Waals surface area contributed by atoms with Gasteiger partial charge in [-0.25, -0.2) is 0 Å². The van der Waals surface area contributed by atoms with E-state index in [1.165, 1.54) is 0 Å². The van der Waals surface area contributed by atoms with Crippen LogP contribution in [0.4, 0.5) is 5.69 Å². The van der Waals surface area contributed by atoms with Crippen molar-refractivity contribution in [3.63, 3.8) is 0 Å². The highest BCUT2D eigenvalue weighted by atomic mass is 35.5. The molecule has 0 aliphatic carbocycles. The zero-order valence-electron chi connectivity index (χ0n) is 8.37. The number of nitrogen functional groups attached to an aromatic ring is 1. The highest BCUT2D eigenvalue weighted by Crippen LogP contribution is 2.28. The molecule has 1 heterocycles. The molecule has 0 aliphatic heterocycles. The van der Waals surface area contributed by atoms with Gasteiger partial charge in [-0.1, -0.05) is 17.7 Å². The van der Waals surface area contributed by atoms with Crippen LogP contribution >= 0.6 is 11.6 Å². The van der Waals surface area contributed by atoms with Gasteiger partial charge in [0.2, 0.25) is 0 Å². The maximum Gasteiger partial charge on any atom is 0.0641 e. The molecule has 3 heteroatoms. The molecule has 15 heavy (non-hydrogen) atoms. The van der Waals surface area contributed by atoms with Crippen LogP contribution in [0.25, 0.3) is 11.1 Å². The number of aromatic nitrogens is 1. The molecule has 0 unspecified atom stereocenters. The van der Waals surface area contributed by atoms with Crippen LogP contribution in [0.1, 0.15) is 5.56 Å². The zero-order valence-corrected chi connectivity index (χ0v) is 9.12. The Labute approximate surface area is 93.7 Å². The number of hydrogen-bond acceptors (Lipinski definition) is 2. The maximum absolute atomic E-state index is 5.98. The third-order valence-electron chi connectivity index (χ3n) is 2.33. The summed E-state index contributed by atoms with van der Waals surface area (Å²) in [5.74, 6) is 0. The second-order valence-electron chi connectivity index (χ2n) is 3.43. The molecule has 0 radical (unpaired) electrons. The molecule has 2 aromatic rings. The van der Waals surface area contributed by atoms with Crippen molar-refractivity contribution < 1.29 is 0 Å². The van der Waals surface area contributed by atoms with Crippen molar-refractivity contribution in [3.8, 4) is 11.1 Å². The van der Waals surface area contributed by atoms with Crippen molar-refractivity contribution in [1.29, 1.82) is 0 Å². The first-order chi connectivity index (χ1) is 7.18. The summed E-state index contributed by atoms with van der Waals surface area (Å²) < 4.78 is 0. The van der Waals surface area contributed by atoms with Gasteiger partial charge in [-0.2, -0.15) is 0 Å². The van der Waals surface area contributed by atoms with Crippen LogP contribution in [0.2, 0.25) is 5.02 Å². The summed E-state index contributed by atoms with van der Waals surface area (Å²) in [5.41, 5.74) is 9.58. The smallest absolute Gasteiger partial charge is 0.0641 e. The van der Waals surface area contributed by atoms with Crippen molar-refractivity contribution in [2.75, 3.05) is 5.73 Å². The van der Waals surface area contributed by atoms with Gasteiger partial charge in [0, 0.05) is 12.4 Å². The number of pyridine rings is 1. The van der Waals surface area contributed by atoms with E-state index in [4.69, 9.17) is 17.3 Å². The summed E-state index contributed by atoms with van der Waals surface area (Å²) in [6.07, 6.45) is 3.60. The molecule has 76 valence electrons. The van der Waals surface area contributed by atoms with E-state index >= 15 is 0 Å². The van der Waals surface area contributed by atoms with Crippen molar-refractivity contribution in [1.82, 2.24) is 4.98 Å². The Balaban J connectivity index is 2.55. The summed E-state index contributed by atoms with van der Waals surface area (Å²) >= 11 is 5.98. The highest BCUT2D eigenvalue weighted by Gasteiger charge is 2.03. The number of nitrogens with zero attached hydrogens (tertiary/aromatic N) is 1. The standard InChI is InChI=1S/C12H11ClN2/c1-8-7-15-5-4-10(8)9-2-3-12(14)11(13)6-9/h2-7H,14H2,1H3. The predicted octanol–water partition coefficient (Wildman–Crippen LogP) is 3.29. The zero-order chi connectivity index (χ0) is 10.8. The minimum Gasteiger partial charge on any atom is -0.398 e. The Morgan fingerprint density at radius 3 is 2.73 bits per heavy atom. The molecule has 2 N–H and O–H groups in total. The van der Waals surface area contributed by atoms with Crippen LogP contribution in [-0.4, -0.2) is 4.98 Å². The maximum atomic E-state index is 5.98. The molecule has 2 rings (SSSR count). The third kappa shape index (κ3) is 1.95. The SMILES string of the molecule is Cc1cnccc1-c1ccc(N)c(Cl)c1. The van der Waals surface area contributed by atoms with Gasteiger partial charge in [-0.05, 0) is 41.8 Å². The van der Waals surface area contributed by atoms with E-state index in [0.29, 0.717) is 10.7 Å². The lowest BCUT2D eigenvalue weighted by Crippen LogP contribution is -1.88. The summed E-state index contributed by atoms with van der Waals surface area (Å²) in [5, 5.41) is 0.587. The van der Waals surface area contributed by atoms with Gasteiger partial charge in [0.25, 0.3) is 0 Å². The van der Waals surface area contributed by atoms with Crippen molar-refractivity contribution in [3.05, 3.63) is 47.2 Å². The first-order valence-electron chi connectivity index (χ1n) is 4.64. The molecule has 0 saturated carbocycles. The number of benzene rings is 1. The number of nitrogens with two attached hydrogens (primary N) is 1.